The Hall–Kier alpha value is -1.01. The van der Waals surface area contributed by atoms with Gasteiger partial charge in [-0.25, -0.2) is 0 Å². The van der Waals surface area contributed by atoms with E-state index in [9.17, 15) is 13.2 Å². The molecule has 1 aromatic heterocycles. The summed E-state index contributed by atoms with van der Waals surface area (Å²) in [7, 11) is 0. The van der Waals surface area contributed by atoms with Crippen LogP contribution in [0.2, 0.25) is 0 Å². The Balaban J connectivity index is 2.21. The largest absolute Gasteiger partial charge is 0.409 e. The van der Waals surface area contributed by atoms with Gasteiger partial charge < -0.3 is 10.3 Å². The maximum Gasteiger partial charge on any atom is 0.409 e. The van der Waals surface area contributed by atoms with Gasteiger partial charge in [0.25, 0.3) is 0 Å². The standard InChI is InChI=1S/C10H14F3N3/c11-10(12,13)9(8-2-1-3-15-8)16-6-4-14-5-7-16/h1-3,9,14-15H,4-7H2/t9-/m1/s1. The lowest BCUT2D eigenvalue weighted by molar-refractivity contribution is -0.188. The van der Waals surface area contributed by atoms with Crippen molar-refractivity contribution in [2.75, 3.05) is 26.2 Å². The topological polar surface area (TPSA) is 31.1 Å². The number of H-pyrrole nitrogens is 1. The van der Waals surface area contributed by atoms with Crippen molar-refractivity contribution >= 4 is 0 Å². The van der Waals surface area contributed by atoms with Crippen LogP contribution >= 0.6 is 0 Å². The van der Waals surface area contributed by atoms with Gasteiger partial charge in [-0.3, -0.25) is 4.90 Å². The summed E-state index contributed by atoms with van der Waals surface area (Å²) in [6.07, 6.45) is -2.71. The third-order valence-corrected chi connectivity index (χ3v) is 2.74. The minimum absolute atomic E-state index is 0.217. The first kappa shape index (κ1) is 11.5. The highest BCUT2D eigenvalue weighted by atomic mass is 19.4. The molecule has 0 aromatic carbocycles. The van der Waals surface area contributed by atoms with E-state index < -0.39 is 12.2 Å². The molecule has 16 heavy (non-hydrogen) atoms. The van der Waals surface area contributed by atoms with Gasteiger partial charge in [0, 0.05) is 38.1 Å². The second-order valence-corrected chi connectivity index (χ2v) is 3.86. The number of alkyl halides is 3. The molecule has 0 bridgehead atoms. The maximum absolute atomic E-state index is 13.0. The van der Waals surface area contributed by atoms with Crippen LogP contribution in [0.25, 0.3) is 0 Å². The van der Waals surface area contributed by atoms with Crippen LogP contribution < -0.4 is 5.32 Å². The minimum Gasteiger partial charge on any atom is -0.363 e. The fourth-order valence-electron chi connectivity index (χ4n) is 2.03. The number of nitrogens with zero attached hydrogens (tertiary/aromatic N) is 1. The molecule has 1 aliphatic rings. The van der Waals surface area contributed by atoms with Gasteiger partial charge in [0.15, 0.2) is 0 Å². The summed E-state index contributed by atoms with van der Waals surface area (Å²) < 4.78 is 39.0. The smallest absolute Gasteiger partial charge is 0.363 e. The Kier molecular flexibility index (Phi) is 3.20. The fraction of sp³-hybridized carbons (Fsp3) is 0.600. The molecular weight excluding hydrogens is 219 g/mol. The number of halogens is 3. The zero-order valence-electron chi connectivity index (χ0n) is 8.72. The first-order valence-corrected chi connectivity index (χ1v) is 5.24. The summed E-state index contributed by atoms with van der Waals surface area (Å²) in [6.45, 7) is 2.05. The van der Waals surface area contributed by atoms with Crippen molar-refractivity contribution in [2.24, 2.45) is 0 Å². The van der Waals surface area contributed by atoms with Crippen molar-refractivity contribution in [3.05, 3.63) is 24.0 Å². The number of rotatable bonds is 2. The number of aromatic nitrogens is 1. The average Bonchev–Trinajstić information content (AvgIpc) is 2.71. The minimum atomic E-state index is -4.23. The van der Waals surface area contributed by atoms with Crippen LogP contribution in [-0.2, 0) is 0 Å². The molecule has 0 radical (unpaired) electrons. The molecule has 2 rings (SSSR count). The van der Waals surface area contributed by atoms with E-state index >= 15 is 0 Å². The van der Waals surface area contributed by atoms with Crippen LogP contribution in [-0.4, -0.2) is 42.2 Å². The lowest BCUT2D eigenvalue weighted by Gasteiger charge is -2.35. The molecule has 6 heteroatoms. The highest BCUT2D eigenvalue weighted by Crippen LogP contribution is 2.36. The quantitative estimate of drug-likeness (QED) is 0.811. The van der Waals surface area contributed by atoms with Gasteiger partial charge in [-0.2, -0.15) is 13.2 Å². The van der Waals surface area contributed by atoms with Gasteiger partial charge in [0.1, 0.15) is 6.04 Å². The van der Waals surface area contributed by atoms with Crippen LogP contribution in [0.5, 0.6) is 0 Å². The second-order valence-electron chi connectivity index (χ2n) is 3.86. The average molecular weight is 233 g/mol. The van der Waals surface area contributed by atoms with Gasteiger partial charge in [0.05, 0.1) is 0 Å². The van der Waals surface area contributed by atoms with Crippen LogP contribution in [0.3, 0.4) is 0 Å². The van der Waals surface area contributed by atoms with E-state index in [0.717, 1.165) is 0 Å². The molecule has 0 amide bonds. The summed E-state index contributed by atoms with van der Waals surface area (Å²) in [5, 5.41) is 3.05. The van der Waals surface area contributed by atoms with Crippen molar-refractivity contribution in [2.45, 2.75) is 12.2 Å². The number of aromatic amines is 1. The normalized spacial score (nSPS) is 20.9. The van der Waals surface area contributed by atoms with Gasteiger partial charge >= 0.3 is 6.18 Å². The molecule has 90 valence electrons. The van der Waals surface area contributed by atoms with Gasteiger partial charge in [-0.1, -0.05) is 0 Å². The van der Waals surface area contributed by atoms with E-state index in [2.05, 4.69) is 10.3 Å². The molecule has 0 spiro atoms. The highest BCUT2D eigenvalue weighted by molar-refractivity contribution is 5.12. The predicted octanol–water partition coefficient (Wildman–Crippen LogP) is 1.52. The van der Waals surface area contributed by atoms with Crippen LogP contribution in [0.1, 0.15) is 11.7 Å². The van der Waals surface area contributed by atoms with E-state index in [0.29, 0.717) is 26.2 Å². The lowest BCUT2D eigenvalue weighted by atomic mass is 10.1. The first-order valence-electron chi connectivity index (χ1n) is 5.24. The Morgan fingerprint density at radius 2 is 1.94 bits per heavy atom. The third-order valence-electron chi connectivity index (χ3n) is 2.74. The Bertz CT molecular complexity index is 315. The third kappa shape index (κ3) is 2.38. The lowest BCUT2D eigenvalue weighted by Crippen LogP contribution is -2.49. The van der Waals surface area contributed by atoms with Crippen molar-refractivity contribution < 1.29 is 13.2 Å². The van der Waals surface area contributed by atoms with E-state index in [4.69, 9.17) is 0 Å². The zero-order valence-corrected chi connectivity index (χ0v) is 8.72. The Labute approximate surface area is 91.6 Å². The molecule has 0 unspecified atom stereocenters. The number of nitrogens with one attached hydrogen (secondary N) is 2. The van der Waals surface area contributed by atoms with Crippen LogP contribution in [0, 0.1) is 0 Å². The SMILES string of the molecule is FC(F)(F)[C@@H](c1ccc[nH]1)N1CCNCC1. The van der Waals surface area contributed by atoms with E-state index in [1.54, 1.807) is 6.07 Å². The molecular formula is C10H14F3N3. The Morgan fingerprint density at radius 3 is 2.44 bits per heavy atom. The zero-order chi connectivity index (χ0) is 11.6. The summed E-state index contributed by atoms with van der Waals surface area (Å²) in [4.78, 5) is 4.12. The highest BCUT2D eigenvalue weighted by Gasteiger charge is 2.45. The van der Waals surface area contributed by atoms with Crippen molar-refractivity contribution in [3.8, 4) is 0 Å². The molecule has 1 aromatic rings. The van der Waals surface area contributed by atoms with E-state index in [1.165, 1.54) is 17.2 Å². The van der Waals surface area contributed by atoms with E-state index in [-0.39, 0.29) is 5.69 Å². The molecule has 1 aliphatic heterocycles. The summed E-state index contributed by atoms with van der Waals surface area (Å²) >= 11 is 0. The van der Waals surface area contributed by atoms with Gasteiger partial charge in [0.2, 0.25) is 0 Å². The molecule has 0 aliphatic carbocycles. The second kappa shape index (κ2) is 4.47. The molecule has 2 heterocycles. The molecule has 1 fully saturated rings. The van der Waals surface area contributed by atoms with Crippen molar-refractivity contribution in [3.63, 3.8) is 0 Å². The molecule has 1 saturated heterocycles. The summed E-state index contributed by atoms with van der Waals surface area (Å²) in [6, 6.07) is 1.57. The number of hydrogen-bond acceptors (Lipinski definition) is 2. The molecule has 0 saturated carbocycles. The molecule has 1 atom stereocenters. The number of piperazine rings is 1. The van der Waals surface area contributed by atoms with Crippen molar-refractivity contribution in [1.29, 1.82) is 0 Å². The fourth-order valence-corrected chi connectivity index (χ4v) is 2.03. The van der Waals surface area contributed by atoms with Crippen LogP contribution in [0.4, 0.5) is 13.2 Å². The maximum atomic E-state index is 13.0. The summed E-state index contributed by atoms with van der Waals surface area (Å²) in [5.41, 5.74) is 0.217. The van der Waals surface area contributed by atoms with Crippen molar-refractivity contribution in [1.82, 2.24) is 15.2 Å². The predicted molar refractivity (Wildman–Crippen MR) is 54.0 cm³/mol. The molecule has 3 nitrogen and oxygen atoms in total. The van der Waals surface area contributed by atoms with E-state index in [1.807, 2.05) is 0 Å². The summed E-state index contributed by atoms with van der Waals surface area (Å²) in [5.74, 6) is 0. The first-order chi connectivity index (χ1) is 7.59. The van der Waals surface area contributed by atoms with Crippen LogP contribution in [0.15, 0.2) is 18.3 Å². The van der Waals surface area contributed by atoms with Gasteiger partial charge in [-0.15, -0.1) is 0 Å². The van der Waals surface area contributed by atoms with Gasteiger partial charge in [-0.05, 0) is 12.1 Å². The molecule has 2 N–H and O–H groups in total. The Morgan fingerprint density at radius 1 is 1.25 bits per heavy atom. The number of hydrogen-bond donors (Lipinski definition) is 2. The monoisotopic (exact) mass is 233 g/mol.